The van der Waals surface area contributed by atoms with Crippen molar-refractivity contribution in [2.24, 2.45) is 7.05 Å². The van der Waals surface area contributed by atoms with Crippen LogP contribution in [0.2, 0.25) is 0 Å². The quantitative estimate of drug-likeness (QED) is 0.876. The summed E-state index contributed by atoms with van der Waals surface area (Å²) in [7, 11) is 3.87. The molecule has 0 saturated carbocycles. The molecule has 2 rings (SSSR count). The summed E-state index contributed by atoms with van der Waals surface area (Å²) in [5.74, 6) is 0.827. The van der Waals surface area contributed by atoms with E-state index in [4.69, 9.17) is 5.73 Å². The molecule has 0 spiro atoms. The fourth-order valence-corrected chi connectivity index (χ4v) is 1.83. The molecule has 1 heterocycles. The number of anilines is 2. The molecule has 0 aliphatic heterocycles. The second kappa shape index (κ2) is 4.49. The Hall–Kier alpha value is -1.97. The predicted octanol–water partition coefficient (Wildman–Crippen LogP) is 1.95. The van der Waals surface area contributed by atoms with Crippen LogP contribution in [0.25, 0.3) is 0 Å². The Bertz CT molecular complexity index is 499. The molecule has 2 aromatic rings. The Balaban J connectivity index is 2.14. The molecule has 4 nitrogen and oxygen atoms in total. The van der Waals surface area contributed by atoms with Gasteiger partial charge in [0.15, 0.2) is 5.82 Å². The minimum atomic E-state index is 0.710. The van der Waals surface area contributed by atoms with Crippen LogP contribution in [0.5, 0.6) is 0 Å². The number of hydrogen-bond donors (Lipinski definition) is 1. The Morgan fingerprint density at radius 2 is 1.94 bits per heavy atom. The lowest BCUT2D eigenvalue weighted by Gasteiger charge is -2.17. The number of nitrogen functional groups attached to an aromatic ring is 1. The molecule has 90 valence electrons. The van der Waals surface area contributed by atoms with Gasteiger partial charge in [-0.3, -0.25) is 4.68 Å². The third-order valence-corrected chi connectivity index (χ3v) is 2.74. The largest absolute Gasteiger partial charge is 0.394 e. The molecule has 0 atom stereocenters. The van der Waals surface area contributed by atoms with Crippen LogP contribution < -0.4 is 10.6 Å². The number of aryl methyl sites for hydroxylation is 2. The van der Waals surface area contributed by atoms with Gasteiger partial charge in [-0.2, -0.15) is 5.10 Å². The van der Waals surface area contributed by atoms with Crippen LogP contribution in [-0.2, 0) is 13.6 Å². The maximum atomic E-state index is 5.90. The first-order chi connectivity index (χ1) is 8.06. The van der Waals surface area contributed by atoms with Crippen molar-refractivity contribution in [1.82, 2.24) is 9.78 Å². The molecule has 0 aliphatic carbocycles. The smallest absolute Gasteiger partial charge is 0.173 e. The molecule has 2 N–H and O–H groups in total. The van der Waals surface area contributed by atoms with E-state index >= 15 is 0 Å². The van der Waals surface area contributed by atoms with Crippen LogP contribution in [0.3, 0.4) is 0 Å². The molecular weight excluding hydrogens is 212 g/mol. The zero-order chi connectivity index (χ0) is 12.4. The van der Waals surface area contributed by atoms with Crippen LogP contribution in [-0.4, -0.2) is 16.8 Å². The number of rotatable bonds is 3. The Morgan fingerprint density at radius 1 is 1.29 bits per heavy atom. The van der Waals surface area contributed by atoms with Crippen molar-refractivity contribution in [2.75, 3.05) is 17.7 Å². The van der Waals surface area contributed by atoms with Crippen molar-refractivity contribution < 1.29 is 0 Å². The number of nitrogens with zero attached hydrogens (tertiary/aromatic N) is 3. The summed E-state index contributed by atoms with van der Waals surface area (Å²) in [5, 5.41) is 4.34. The van der Waals surface area contributed by atoms with Crippen LogP contribution in [0, 0.1) is 6.92 Å². The van der Waals surface area contributed by atoms with Crippen molar-refractivity contribution in [2.45, 2.75) is 13.5 Å². The zero-order valence-corrected chi connectivity index (χ0v) is 10.5. The topological polar surface area (TPSA) is 47.1 Å². The number of nitrogens with two attached hydrogens (primary N) is 1. The van der Waals surface area contributed by atoms with E-state index in [2.05, 4.69) is 41.2 Å². The minimum absolute atomic E-state index is 0.710. The highest BCUT2D eigenvalue weighted by Gasteiger charge is 2.09. The second-order valence-electron chi connectivity index (χ2n) is 4.42. The van der Waals surface area contributed by atoms with E-state index in [0.717, 1.165) is 12.4 Å². The number of hydrogen-bond acceptors (Lipinski definition) is 3. The highest BCUT2D eigenvalue weighted by molar-refractivity contribution is 5.61. The monoisotopic (exact) mass is 230 g/mol. The molecule has 1 aromatic heterocycles. The Morgan fingerprint density at radius 3 is 2.47 bits per heavy atom. The van der Waals surface area contributed by atoms with E-state index in [0.29, 0.717) is 5.69 Å². The molecule has 0 unspecified atom stereocenters. The molecule has 0 amide bonds. The van der Waals surface area contributed by atoms with Gasteiger partial charge in [0.05, 0.1) is 5.69 Å². The molecule has 17 heavy (non-hydrogen) atoms. The SMILES string of the molecule is Cc1ccc(CN(C)c2nn(C)cc2N)cc1. The molecule has 0 aliphatic rings. The van der Waals surface area contributed by atoms with Crippen molar-refractivity contribution in [3.05, 3.63) is 41.6 Å². The molecular formula is C13H18N4. The Kier molecular flexibility index (Phi) is 3.04. The van der Waals surface area contributed by atoms with Gasteiger partial charge >= 0.3 is 0 Å². The minimum Gasteiger partial charge on any atom is -0.394 e. The standard InChI is InChI=1S/C13H18N4/c1-10-4-6-11(7-5-10)8-16(2)13-12(14)9-17(3)15-13/h4-7,9H,8,14H2,1-3H3. The van der Waals surface area contributed by atoms with E-state index in [-0.39, 0.29) is 0 Å². The van der Waals surface area contributed by atoms with Gasteiger partial charge in [-0.25, -0.2) is 0 Å². The third-order valence-electron chi connectivity index (χ3n) is 2.74. The summed E-state index contributed by atoms with van der Waals surface area (Å²) < 4.78 is 1.73. The molecule has 0 radical (unpaired) electrons. The fraction of sp³-hybridized carbons (Fsp3) is 0.308. The van der Waals surface area contributed by atoms with E-state index < -0.39 is 0 Å². The summed E-state index contributed by atoms with van der Waals surface area (Å²) in [6.07, 6.45) is 1.82. The first kappa shape index (κ1) is 11.5. The molecule has 1 aromatic carbocycles. The summed E-state index contributed by atoms with van der Waals surface area (Å²) >= 11 is 0. The normalized spacial score (nSPS) is 10.5. The lowest BCUT2D eigenvalue weighted by atomic mass is 10.1. The number of aromatic nitrogens is 2. The van der Waals surface area contributed by atoms with Crippen LogP contribution in [0.15, 0.2) is 30.5 Å². The van der Waals surface area contributed by atoms with E-state index in [9.17, 15) is 0 Å². The first-order valence-electron chi connectivity index (χ1n) is 5.62. The van der Waals surface area contributed by atoms with Gasteiger partial charge in [-0.05, 0) is 12.5 Å². The van der Waals surface area contributed by atoms with Gasteiger partial charge < -0.3 is 10.6 Å². The van der Waals surface area contributed by atoms with Crippen LogP contribution in [0.4, 0.5) is 11.5 Å². The summed E-state index contributed by atoms with van der Waals surface area (Å²) in [6, 6.07) is 8.49. The van der Waals surface area contributed by atoms with Crippen molar-refractivity contribution in [3.63, 3.8) is 0 Å². The average molecular weight is 230 g/mol. The zero-order valence-electron chi connectivity index (χ0n) is 10.5. The Labute approximate surface area is 102 Å². The predicted molar refractivity (Wildman–Crippen MR) is 70.9 cm³/mol. The molecule has 0 bridgehead atoms. The van der Waals surface area contributed by atoms with Crippen molar-refractivity contribution >= 4 is 11.5 Å². The van der Waals surface area contributed by atoms with Crippen molar-refractivity contribution in [1.29, 1.82) is 0 Å². The van der Waals surface area contributed by atoms with Gasteiger partial charge in [0, 0.05) is 26.8 Å². The molecule has 4 heteroatoms. The average Bonchev–Trinajstić information content (AvgIpc) is 2.61. The highest BCUT2D eigenvalue weighted by atomic mass is 15.3. The maximum Gasteiger partial charge on any atom is 0.173 e. The fourth-order valence-electron chi connectivity index (χ4n) is 1.83. The lowest BCUT2D eigenvalue weighted by Crippen LogP contribution is -2.18. The lowest BCUT2D eigenvalue weighted by molar-refractivity contribution is 0.752. The van der Waals surface area contributed by atoms with Gasteiger partial charge in [-0.15, -0.1) is 0 Å². The molecule has 0 saturated heterocycles. The van der Waals surface area contributed by atoms with Gasteiger partial charge in [0.2, 0.25) is 0 Å². The van der Waals surface area contributed by atoms with Crippen LogP contribution >= 0.6 is 0 Å². The second-order valence-corrected chi connectivity index (χ2v) is 4.42. The summed E-state index contributed by atoms with van der Waals surface area (Å²) in [4.78, 5) is 2.06. The third kappa shape index (κ3) is 2.58. The van der Waals surface area contributed by atoms with E-state index in [1.807, 2.05) is 20.3 Å². The van der Waals surface area contributed by atoms with E-state index in [1.165, 1.54) is 11.1 Å². The van der Waals surface area contributed by atoms with Crippen LogP contribution in [0.1, 0.15) is 11.1 Å². The number of benzene rings is 1. The summed E-state index contributed by atoms with van der Waals surface area (Å²) in [5.41, 5.74) is 9.13. The van der Waals surface area contributed by atoms with Gasteiger partial charge in [0.25, 0.3) is 0 Å². The van der Waals surface area contributed by atoms with Gasteiger partial charge in [-0.1, -0.05) is 29.8 Å². The molecule has 0 fully saturated rings. The van der Waals surface area contributed by atoms with Crippen molar-refractivity contribution in [3.8, 4) is 0 Å². The highest BCUT2D eigenvalue weighted by Crippen LogP contribution is 2.20. The van der Waals surface area contributed by atoms with E-state index in [1.54, 1.807) is 4.68 Å². The maximum absolute atomic E-state index is 5.90. The first-order valence-corrected chi connectivity index (χ1v) is 5.62. The van der Waals surface area contributed by atoms with Gasteiger partial charge in [0.1, 0.15) is 0 Å². The summed E-state index contributed by atoms with van der Waals surface area (Å²) in [6.45, 7) is 2.89.